The average molecular weight is 468 g/mol. The topological polar surface area (TPSA) is 71.0 Å². The van der Waals surface area contributed by atoms with E-state index in [1.807, 2.05) is 43.3 Å². The molecule has 4 aromatic rings. The van der Waals surface area contributed by atoms with Crippen molar-refractivity contribution in [1.82, 2.24) is 15.0 Å². The molecular weight excluding hydrogens is 445 g/mol. The third-order valence-corrected chi connectivity index (χ3v) is 6.77. The summed E-state index contributed by atoms with van der Waals surface area (Å²) in [7, 11) is 1.84. The molecule has 0 aliphatic rings. The lowest BCUT2D eigenvalue weighted by Gasteiger charge is -2.27. The maximum absolute atomic E-state index is 13.4. The fourth-order valence-electron chi connectivity index (χ4n) is 3.30. The van der Waals surface area contributed by atoms with Crippen molar-refractivity contribution in [1.29, 1.82) is 0 Å². The molecule has 0 saturated carbocycles. The molecule has 4 rings (SSSR count). The third-order valence-electron chi connectivity index (χ3n) is 5.07. The summed E-state index contributed by atoms with van der Waals surface area (Å²) in [6.07, 6.45) is 2.16. The zero-order valence-electron chi connectivity index (χ0n) is 17.9. The van der Waals surface area contributed by atoms with Crippen molar-refractivity contribution in [3.63, 3.8) is 0 Å². The first-order valence-electron chi connectivity index (χ1n) is 9.97. The van der Waals surface area contributed by atoms with Crippen molar-refractivity contribution in [2.45, 2.75) is 26.3 Å². The molecule has 0 aliphatic heterocycles. The maximum atomic E-state index is 13.4. The lowest BCUT2D eigenvalue weighted by Crippen LogP contribution is -2.43. The highest BCUT2D eigenvalue weighted by Crippen LogP contribution is 2.32. The molecule has 32 heavy (non-hydrogen) atoms. The second-order valence-electron chi connectivity index (χ2n) is 7.41. The molecule has 0 unspecified atom stereocenters. The minimum atomic E-state index is -0.532. The highest BCUT2D eigenvalue weighted by Gasteiger charge is 2.26. The van der Waals surface area contributed by atoms with E-state index in [9.17, 15) is 9.18 Å². The Morgan fingerprint density at radius 2 is 1.97 bits per heavy atom. The van der Waals surface area contributed by atoms with E-state index in [-0.39, 0.29) is 11.7 Å². The molecule has 0 saturated heterocycles. The fraction of sp³-hybridized carbons (Fsp3) is 0.217. The van der Waals surface area contributed by atoms with Crippen LogP contribution in [0.5, 0.6) is 0 Å². The molecule has 0 aliphatic carbocycles. The Hall–Kier alpha value is -3.17. The molecule has 3 aromatic heterocycles. The summed E-state index contributed by atoms with van der Waals surface area (Å²) in [5.74, 6) is 0.238. The van der Waals surface area contributed by atoms with Crippen LogP contribution >= 0.6 is 22.7 Å². The van der Waals surface area contributed by atoms with E-state index in [0.717, 1.165) is 27.5 Å². The molecule has 1 N–H and O–H groups in total. The second kappa shape index (κ2) is 9.54. The summed E-state index contributed by atoms with van der Waals surface area (Å²) in [5, 5.41) is 6.48. The number of aryl methyl sites for hydroxylation is 2. The fourth-order valence-corrected chi connectivity index (χ4v) is 4.84. The summed E-state index contributed by atoms with van der Waals surface area (Å²) >= 11 is 2.90. The van der Waals surface area contributed by atoms with Crippen molar-refractivity contribution >= 4 is 39.4 Å². The number of pyridine rings is 1. The number of nitrogens with zero attached hydrogens (tertiary/aromatic N) is 4. The number of carbonyl (C=O) groups is 1. The van der Waals surface area contributed by atoms with Crippen LogP contribution in [0.2, 0.25) is 0 Å². The van der Waals surface area contributed by atoms with Crippen molar-refractivity contribution in [3.05, 3.63) is 76.3 Å². The van der Waals surface area contributed by atoms with Gasteiger partial charge in [0.25, 0.3) is 0 Å². The van der Waals surface area contributed by atoms with Crippen LogP contribution in [-0.4, -0.2) is 33.9 Å². The zero-order chi connectivity index (χ0) is 22.7. The number of rotatable bonds is 7. The summed E-state index contributed by atoms with van der Waals surface area (Å²) in [6.45, 7) is 3.81. The smallest absolute Gasteiger partial charge is 0.248 e. The average Bonchev–Trinajstić information content (AvgIpc) is 3.43. The number of amides is 1. The van der Waals surface area contributed by atoms with Crippen LogP contribution in [0.15, 0.2) is 53.5 Å². The molecule has 9 heteroatoms. The van der Waals surface area contributed by atoms with Crippen LogP contribution in [0.3, 0.4) is 0 Å². The Labute approximate surface area is 193 Å². The standard InChI is InChI=1S/C23H22FN5OS2/c1-14-10-17(8-9-25-14)23-27-15(2)22(32-23)28-21(30)19(29(3)20-12-31-13-26-20)11-16-4-6-18(24)7-5-16/h4-10,12-13,19H,11H2,1-3H3,(H,28,30)/t19-/m0/s1. The molecule has 0 bridgehead atoms. The lowest BCUT2D eigenvalue weighted by molar-refractivity contribution is -0.117. The van der Waals surface area contributed by atoms with Gasteiger partial charge in [0.2, 0.25) is 5.91 Å². The predicted molar refractivity (Wildman–Crippen MR) is 128 cm³/mol. The number of carbonyl (C=O) groups excluding carboxylic acids is 1. The Kier molecular flexibility index (Phi) is 6.57. The van der Waals surface area contributed by atoms with Crippen LogP contribution < -0.4 is 10.2 Å². The molecule has 1 aromatic carbocycles. The minimum Gasteiger partial charge on any atom is -0.347 e. The van der Waals surface area contributed by atoms with E-state index in [0.29, 0.717) is 17.2 Å². The first-order chi connectivity index (χ1) is 15.4. The Morgan fingerprint density at radius 3 is 2.66 bits per heavy atom. The highest BCUT2D eigenvalue weighted by molar-refractivity contribution is 7.19. The quantitative estimate of drug-likeness (QED) is 0.409. The number of aromatic nitrogens is 3. The monoisotopic (exact) mass is 467 g/mol. The van der Waals surface area contributed by atoms with Crippen molar-refractivity contribution in [3.8, 4) is 10.6 Å². The van der Waals surface area contributed by atoms with Gasteiger partial charge in [-0.05, 0) is 43.7 Å². The molecule has 0 spiro atoms. The molecule has 0 radical (unpaired) electrons. The van der Waals surface area contributed by atoms with Crippen molar-refractivity contribution in [2.75, 3.05) is 17.3 Å². The van der Waals surface area contributed by atoms with Crippen molar-refractivity contribution < 1.29 is 9.18 Å². The van der Waals surface area contributed by atoms with Crippen LogP contribution in [-0.2, 0) is 11.2 Å². The number of hydrogen-bond acceptors (Lipinski definition) is 7. The van der Waals surface area contributed by atoms with Gasteiger partial charge in [-0.3, -0.25) is 9.78 Å². The first kappa shape index (κ1) is 22.0. The van der Waals surface area contributed by atoms with Crippen molar-refractivity contribution in [2.24, 2.45) is 0 Å². The van der Waals surface area contributed by atoms with Gasteiger partial charge < -0.3 is 10.2 Å². The second-order valence-corrected chi connectivity index (χ2v) is 9.13. The zero-order valence-corrected chi connectivity index (χ0v) is 19.5. The number of halogens is 1. The maximum Gasteiger partial charge on any atom is 0.248 e. The molecular formula is C23H22FN5OS2. The van der Waals surface area contributed by atoms with Gasteiger partial charge in [-0.15, -0.1) is 11.3 Å². The Balaban J connectivity index is 1.59. The Morgan fingerprint density at radius 1 is 1.19 bits per heavy atom. The van der Waals surface area contributed by atoms with E-state index < -0.39 is 6.04 Å². The number of hydrogen-bond donors (Lipinski definition) is 1. The predicted octanol–water partition coefficient (Wildman–Crippen LogP) is 5.10. The van der Waals surface area contributed by atoms with E-state index in [1.54, 1.807) is 23.8 Å². The van der Waals surface area contributed by atoms with Crippen LogP contribution in [0, 0.1) is 19.7 Å². The van der Waals surface area contributed by atoms with Gasteiger partial charge in [0.05, 0.1) is 11.2 Å². The summed E-state index contributed by atoms with van der Waals surface area (Å²) in [4.78, 5) is 28.4. The number of anilines is 2. The number of likely N-dealkylation sites (N-methyl/N-ethyl adjacent to an activating group) is 1. The summed E-state index contributed by atoms with van der Waals surface area (Å²) in [6, 6.07) is 9.56. The van der Waals surface area contributed by atoms with Gasteiger partial charge in [-0.25, -0.2) is 14.4 Å². The molecule has 1 amide bonds. The SMILES string of the molecule is Cc1cc(-c2nc(C)c(NC(=O)[C@H](Cc3ccc(F)cc3)N(C)c3cscn3)s2)ccn1. The molecule has 1 atom stereocenters. The summed E-state index contributed by atoms with van der Waals surface area (Å²) < 4.78 is 13.4. The van der Waals surface area contributed by atoms with Gasteiger partial charge in [0, 0.05) is 36.3 Å². The number of thiazole rings is 2. The van der Waals surface area contributed by atoms with Crippen LogP contribution in [0.4, 0.5) is 15.2 Å². The highest BCUT2D eigenvalue weighted by atomic mass is 32.1. The van der Waals surface area contributed by atoms with E-state index >= 15 is 0 Å². The minimum absolute atomic E-state index is 0.172. The van der Waals surface area contributed by atoms with Gasteiger partial charge >= 0.3 is 0 Å². The van der Waals surface area contributed by atoms with E-state index in [2.05, 4.69) is 20.3 Å². The molecule has 6 nitrogen and oxygen atoms in total. The van der Waals surface area contributed by atoms with Crippen LogP contribution in [0.1, 0.15) is 17.0 Å². The Bertz CT molecular complexity index is 1210. The molecule has 3 heterocycles. The third kappa shape index (κ3) is 5.00. The van der Waals surface area contributed by atoms with E-state index in [4.69, 9.17) is 0 Å². The lowest BCUT2D eigenvalue weighted by atomic mass is 10.0. The van der Waals surface area contributed by atoms with Gasteiger partial charge in [-0.1, -0.05) is 23.5 Å². The van der Waals surface area contributed by atoms with Gasteiger partial charge in [-0.2, -0.15) is 0 Å². The van der Waals surface area contributed by atoms with E-state index in [1.165, 1.54) is 34.8 Å². The van der Waals surface area contributed by atoms with Gasteiger partial charge in [0.1, 0.15) is 27.7 Å². The van der Waals surface area contributed by atoms with Gasteiger partial charge in [0.15, 0.2) is 0 Å². The molecule has 164 valence electrons. The number of benzene rings is 1. The largest absolute Gasteiger partial charge is 0.347 e. The molecule has 0 fully saturated rings. The van der Waals surface area contributed by atoms with Crippen LogP contribution in [0.25, 0.3) is 10.6 Å². The normalized spacial score (nSPS) is 11.9. The summed E-state index contributed by atoms with van der Waals surface area (Å²) in [5.41, 5.74) is 5.22. The first-order valence-corrected chi connectivity index (χ1v) is 11.7. The number of nitrogens with one attached hydrogen (secondary N) is 1.